The molecular formula is C31H30N2O5. The first-order valence-electron chi connectivity index (χ1n) is 12.5. The first-order chi connectivity index (χ1) is 18.2. The van der Waals surface area contributed by atoms with Crippen molar-refractivity contribution in [3.63, 3.8) is 0 Å². The zero-order valence-corrected chi connectivity index (χ0v) is 21.8. The molecule has 7 nitrogen and oxygen atoms in total. The number of nitrogens with zero attached hydrogens (tertiary/aromatic N) is 2. The Labute approximate surface area is 222 Å². The van der Waals surface area contributed by atoms with Crippen molar-refractivity contribution >= 4 is 23.1 Å². The van der Waals surface area contributed by atoms with E-state index in [1.807, 2.05) is 27.7 Å². The van der Waals surface area contributed by atoms with Crippen LogP contribution in [0.1, 0.15) is 50.4 Å². The average molecular weight is 511 g/mol. The molecule has 4 rings (SSSR count). The SMILES string of the molecule is CC(C)COc1cccc(/C(O)=C2/C(=O)C(=O)N(c3ccc(C#N)cc3)C2c2cccc(OC(C)C)c2)c1. The Morgan fingerprint density at radius 1 is 0.974 bits per heavy atom. The summed E-state index contributed by atoms with van der Waals surface area (Å²) in [6, 6.07) is 21.5. The van der Waals surface area contributed by atoms with Crippen LogP contribution in [-0.4, -0.2) is 29.5 Å². The number of nitriles is 1. The third-order valence-corrected chi connectivity index (χ3v) is 5.96. The second-order valence-corrected chi connectivity index (χ2v) is 9.80. The molecule has 1 fully saturated rings. The number of amides is 1. The number of anilines is 1. The predicted molar refractivity (Wildman–Crippen MR) is 145 cm³/mol. The van der Waals surface area contributed by atoms with Gasteiger partial charge in [-0.3, -0.25) is 14.5 Å². The summed E-state index contributed by atoms with van der Waals surface area (Å²) in [6.07, 6.45) is -0.0799. The highest BCUT2D eigenvalue weighted by atomic mass is 16.5. The van der Waals surface area contributed by atoms with Crippen molar-refractivity contribution in [3.8, 4) is 17.6 Å². The van der Waals surface area contributed by atoms with Gasteiger partial charge in [-0.05, 0) is 73.9 Å². The first kappa shape index (κ1) is 26.5. The lowest BCUT2D eigenvalue weighted by Crippen LogP contribution is -2.29. The van der Waals surface area contributed by atoms with Crippen molar-refractivity contribution in [1.82, 2.24) is 0 Å². The minimum absolute atomic E-state index is 0.0398. The van der Waals surface area contributed by atoms with Crippen LogP contribution >= 0.6 is 0 Å². The maximum Gasteiger partial charge on any atom is 0.300 e. The average Bonchev–Trinajstić information content (AvgIpc) is 3.17. The molecule has 0 bridgehead atoms. The fraction of sp³-hybridized carbons (Fsp3) is 0.258. The fourth-order valence-corrected chi connectivity index (χ4v) is 4.29. The van der Waals surface area contributed by atoms with Crippen LogP contribution < -0.4 is 14.4 Å². The number of Topliss-reactive ketones (excluding diaryl/α,β-unsaturated/α-hetero) is 1. The van der Waals surface area contributed by atoms with Crippen LogP contribution in [0.3, 0.4) is 0 Å². The number of ether oxygens (including phenoxy) is 2. The summed E-state index contributed by atoms with van der Waals surface area (Å²) in [6.45, 7) is 8.38. The van der Waals surface area contributed by atoms with E-state index in [0.717, 1.165) is 0 Å². The van der Waals surface area contributed by atoms with E-state index < -0.39 is 17.7 Å². The molecule has 1 amide bonds. The van der Waals surface area contributed by atoms with E-state index in [2.05, 4.69) is 6.07 Å². The monoisotopic (exact) mass is 510 g/mol. The second-order valence-electron chi connectivity index (χ2n) is 9.80. The Balaban J connectivity index is 1.87. The highest BCUT2D eigenvalue weighted by Gasteiger charge is 2.47. The third kappa shape index (κ3) is 5.55. The highest BCUT2D eigenvalue weighted by molar-refractivity contribution is 6.51. The molecule has 7 heteroatoms. The second kappa shape index (κ2) is 11.2. The molecule has 0 spiro atoms. The molecule has 1 saturated heterocycles. The van der Waals surface area contributed by atoms with E-state index in [9.17, 15) is 20.0 Å². The number of carbonyl (C=O) groups excluding carboxylic acids is 2. The molecule has 38 heavy (non-hydrogen) atoms. The minimum atomic E-state index is -0.918. The van der Waals surface area contributed by atoms with E-state index in [1.54, 1.807) is 72.8 Å². The number of benzene rings is 3. The van der Waals surface area contributed by atoms with Gasteiger partial charge in [0.25, 0.3) is 11.7 Å². The summed E-state index contributed by atoms with van der Waals surface area (Å²) in [5, 5.41) is 20.7. The number of hydrogen-bond donors (Lipinski definition) is 1. The van der Waals surface area contributed by atoms with Gasteiger partial charge in [0, 0.05) is 11.3 Å². The van der Waals surface area contributed by atoms with Crippen molar-refractivity contribution < 1.29 is 24.2 Å². The quantitative estimate of drug-likeness (QED) is 0.226. The maximum atomic E-state index is 13.4. The van der Waals surface area contributed by atoms with Gasteiger partial charge in [-0.15, -0.1) is 0 Å². The molecule has 194 valence electrons. The Bertz CT molecular complexity index is 1420. The first-order valence-corrected chi connectivity index (χ1v) is 12.5. The summed E-state index contributed by atoms with van der Waals surface area (Å²) in [7, 11) is 0. The number of rotatable bonds is 8. The van der Waals surface area contributed by atoms with Gasteiger partial charge in [0.15, 0.2) is 0 Å². The van der Waals surface area contributed by atoms with Gasteiger partial charge in [0.1, 0.15) is 17.3 Å². The van der Waals surface area contributed by atoms with E-state index >= 15 is 0 Å². The topological polar surface area (TPSA) is 99.9 Å². The van der Waals surface area contributed by atoms with Crippen molar-refractivity contribution in [3.05, 3.63) is 95.1 Å². The van der Waals surface area contributed by atoms with Crippen molar-refractivity contribution in [1.29, 1.82) is 5.26 Å². The number of aliphatic hydroxyl groups excluding tert-OH is 1. The van der Waals surface area contributed by atoms with Crippen molar-refractivity contribution in [2.24, 2.45) is 5.92 Å². The molecule has 0 aliphatic carbocycles. The van der Waals surface area contributed by atoms with Crippen LogP contribution in [0.4, 0.5) is 5.69 Å². The van der Waals surface area contributed by atoms with Gasteiger partial charge in [-0.25, -0.2) is 0 Å². The van der Waals surface area contributed by atoms with Crippen LogP contribution in [0.5, 0.6) is 11.5 Å². The van der Waals surface area contributed by atoms with Crippen LogP contribution in [0.25, 0.3) is 5.76 Å². The molecule has 1 heterocycles. The molecule has 0 aromatic heterocycles. The molecule has 1 aliphatic rings. The molecule has 3 aromatic carbocycles. The van der Waals surface area contributed by atoms with E-state index in [0.29, 0.717) is 46.4 Å². The Hall–Kier alpha value is -4.57. The lowest BCUT2D eigenvalue weighted by Gasteiger charge is -2.26. The zero-order chi connectivity index (χ0) is 27.4. The number of hydrogen-bond acceptors (Lipinski definition) is 6. The number of ketones is 1. The maximum absolute atomic E-state index is 13.4. The van der Waals surface area contributed by atoms with Gasteiger partial charge in [-0.2, -0.15) is 5.26 Å². The van der Waals surface area contributed by atoms with Crippen LogP contribution in [-0.2, 0) is 9.59 Å². The molecular weight excluding hydrogens is 480 g/mol. The van der Waals surface area contributed by atoms with Gasteiger partial charge >= 0.3 is 0 Å². The van der Waals surface area contributed by atoms with E-state index in [1.165, 1.54) is 4.90 Å². The van der Waals surface area contributed by atoms with E-state index in [-0.39, 0.29) is 17.4 Å². The molecule has 1 N–H and O–H groups in total. The largest absolute Gasteiger partial charge is 0.507 e. The summed E-state index contributed by atoms with van der Waals surface area (Å²) >= 11 is 0. The standard InChI is InChI=1S/C31H30N2O5/c1-19(2)18-37-25-9-6-8-23(16-25)29(34)27-28(22-7-5-10-26(15-22)38-20(3)4)33(31(36)30(27)35)24-13-11-21(17-32)12-14-24/h5-16,19-20,28,34H,18H2,1-4H3/b29-27-. The van der Waals surface area contributed by atoms with E-state index in [4.69, 9.17) is 9.47 Å². The third-order valence-electron chi connectivity index (χ3n) is 5.96. The normalized spacial score (nSPS) is 16.7. The van der Waals surface area contributed by atoms with Gasteiger partial charge < -0.3 is 14.6 Å². The Morgan fingerprint density at radius 3 is 2.32 bits per heavy atom. The smallest absolute Gasteiger partial charge is 0.300 e. The molecule has 1 unspecified atom stereocenters. The number of carbonyl (C=O) groups is 2. The highest BCUT2D eigenvalue weighted by Crippen LogP contribution is 2.43. The van der Waals surface area contributed by atoms with Crippen LogP contribution in [0, 0.1) is 17.2 Å². The summed E-state index contributed by atoms with van der Waals surface area (Å²) in [5.74, 6) is -0.441. The molecule has 1 atom stereocenters. The Kier molecular flexibility index (Phi) is 7.82. The summed E-state index contributed by atoms with van der Waals surface area (Å²) in [5.41, 5.74) is 1.78. The van der Waals surface area contributed by atoms with Crippen molar-refractivity contribution in [2.75, 3.05) is 11.5 Å². The van der Waals surface area contributed by atoms with Gasteiger partial charge in [0.2, 0.25) is 0 Å². The fourth-order valence-electron chi connectivity index (χ4n) is 4.29. The number of aliphatic hydroxyl groups is 1. The molecule has 0 radical (unpaired) electrons. The summed E-state index contributed by atoms with van der Waals surface area (Å²) in [4.78, 5) is 28.2. The lowest BCUT2D eigenvalue weighted by molar-refractivity contribution is -0.132. The van der Waals surface area contributed by atoms with Gasteiger partial charge in [0.05, 0.1) is 36.0 Å². The predicted octanol–water partition coefficient (Wildman–Crippen LogP) is 6.01. The van der Waals surface area contributed by atoms with Crippen LogP contribution in [0.2, 0.25) is 0 Å². The zero-order valence-electron chi connectivity index (χ0n) is 21.8. The minimum Gasteiger partial charge on any atom is -0.507 e. The van der Waals surface area contributed by atoms with Crippen LogP contribution in [0.15, 0.2) is 78.4 Å². The van der Waals surface area contributed by atoms with Crippen molar-refractivity contribution in [2.45, 2.75) is 39.8 Å². The molecule has 0 saturated carbocycles. The Morgan fingerprint density at radius 2 is 1.66 bits per heavy atom. The molecule has 3 aromatic rings. The lowest BCUT2D eigenvalue weighted by atomic mass is 9.95. The van der Waals surface area contributed by atoms with Gasteiger partial charge in [-0.1, -0.05) is 38.1 Å². The summed E-state index contributed by atoms with van der Waals surface area (Å²) < 4.78 is 11.7. The molecule has 1 aliphatic heterocycles.